The van der Waals surface area contributed by atoms with Gasteiger partial charge in [0.1, 0.15) is 0 Å². The monoisotopic (exact) mass is 152 g/mol. The number of aryl methyl sites for hydroxylation is 2. The lowest BCUT2D eigenvalue weighted by Crippen LogP contribution is -1.82. The summed E-state index contributed by atoms with van der Waals surface area (Å²) in [5.41, 5.74) is 2.65. The Kier molecular flexibility index (Phi) is 2.39. The normalized spacial score (nSPS) is 9.90. The van der Waals surface area contributed by atoms with Crippen LogP contribution in [0.5, 0.6) is 0 Å². The summed E-state index contributed by atoms with van der Waals surface area (Å²) < 4.78 is 0. The molecule has 0 amide bonds. The number of benzene rings is 1. The summed E-state index contributed by atoms with van der Waals surface area (Å²) in [4.78, 5) is 1.08. The third kappa shape index (κ3) is 1.54. The van der Waals surface area contributed by atoms with E-state index in [1.54, 1.807) is 0 Å². The molecular weight excluding hydrogens is 140 g/mol. The van der Waals surface area contributed by atoms with E-state index in [-0.39, 0.29) is 0 Å². The van der Waals surface area contributed by atoms with Crippen LogP contribution in [0, 0.1) is 6.92 Å². The smallest absolute Gasteiger partial charge is 0.00694 e. The lowest BCUT2D eigenvalue weighted by Gasteiger charge is -2.00. The Morgan fingerprint density at radius 1 is 1.40 bits per heavy atom. The van der Waals surface area contributed by atoms with Gasteiger partial charge >= 0.3 is 0 Å². The van der Waals surface area contributed by atoms with E-state index in [9.17, 15) is 0 Å². The maximum Gasteiger partial charge on any atom is 0.00694 e. The Hall–Kier alpha value is -0.430. The van der Waals surface area contributed by atoms with Crippen molar-refractivity contribution in [3.05, 3.63) is 29.3 Å². The molecule has 0 bridgehead atoms. The van der Waals surface area contributed by atoms with Gasteiger partial charge in [0, 0.05) is 4.90 Å². The van der Waals surface area contributed by atoms with Crippen molar-refractivity contribution < 1.29 is 0 Å². The molecule has 0 spiro atoms. The summed E-state index contributed by atoms with van der Waals surface area (Å²) in [7, 11) is 0. The molecule has 0 unspecified atom stereocenters. The second-order valence-corrected chi connectivity index (χ2v) is 2.96. The van der Waals surface area contributed by atoms with Gasteiger partial charge in [0.05, 0.1) is 0 Å². The molecule has 0 fully saturated rings. The van der Waals surface area contributed by atoms with E-state index in [1.165, 1.54) is 11.1 Å². The lowest BCUT2D eigenvalue weighted by molar-refractivity contribution is 1.11. The Balaban J connectivity index is 3.04. The largest absolute Gasteiger partial charge is 0.143 e. The Morgan fingerprint density at radius 2 is 2.10 bits per heavy atom. The molecule has 1 heteroatoms. The topological polar surface area (TPSA) is 0 Å². The molecular formula is C9H12S. The zero-order valence-corrected chi connectivity index (χ0v) is 7.28. The van der Waals surface area contributed by atoms with E-state index in [1.807, 2.05) is 0 Å². The number of hydrogen-bond acceptors (Lipinski definition) is 1. The molecule has 0 N–H and O–H groups in total. The van der Waals surface area contributed by atoms with Gasteiger partial charge in [-0.15, -0.1) is 12.6 Å². The van der Waals surface area contributed by atoms with Crippen molar-refractivity contribution >= 4 is 12.6 Å². The fourth-order valence-electron chi connectivity index (χ4n) is 0.937. The average Bonchev–Trinajstić information content (AvgIpc) is 1.95. The molecule has 1 aromatic rings. The van der Waals surface area contributed by atoms with Crippen molar-refractivity contribution in [1.29, 1.82) is 0 Å². The highest BCUT2D eigenvalue weighted by Gasteiger charge is 1.92. The van der Waals surface area contributed by atoms with Crippen LogP contribution in [0.25, 0.3) is 0 Å². The van der Waals surface area contributed by atoms with Crippen LogP contribution in [0.1, 0.15) is 18.1 Å². The van der Waals surface area contributed by atoms with Crippen LogP contribution in [0.3, 0.4) is 0 Å². The quantitative estimate of drug-likeness (QED) is 0.588. The average molecular weight is 152 g/mol. The maximum atomic E-state index is 4.28. The highest BCUT2D eigenvalue weighted by molar-refractivity contribution is 7.80. The van der Waals surface area contributed by atoms with E-state index in [2.05, 4.69) is 44.7 Å². The standard InChI is InChI=1S/C9H12S/c1-3-8-4-5-9(10)7(2)6-8/h4-6,10H,3H2,1-2H3. The first-order chi connectivity index (χ1) is 4.74. The Bertz CT molecular complexity index is 228. The minimum Gasteiger partial charge on any atom is -0.143 e. The Morgan fingerprint density at radius 3 is 2.60 bits per heavy atom. The third-order valence-corrected chi connectivity index (χ3v) is 2.17. The van der Waals surface area contributed by atoms with Crippen LogP contribution in [0.2, 0.25) is 0 Å². The lowest BCUT2D eigenvalue weighted by atomic mass is 10.1. The van der Waals surface area contributed by atoms with E-state index in [0.717, 1.165) is 11.3 Å². The highest BCUT2D eigenvalue weighted by Crippen LogP contribution is 2.14. The molecule has 0 saturated carbocycles. The minimum atomic E-state index is 1.08. The first kappa shape index (κ1) is 7.67. The molecule has 0 aliphatic heterocycles. The molecule has 1 rings (SSSR count). The Labute approximate surface area is 67.7 Å². The molecule has 0 aliphatic rings. The van der Waals surface area contributed by atoms with Crippen molar-refractivity contribution in [3.8, 4) is 0 Å². The summed E-state index contributed by atoms with van der Waals surface area (Å²) >= 11 is 4.28. The molecule has 0 aliphatic carbocycles. The molecule has 0 aromatic heterocycles. The van der Waals surface area contributed by atoms with Crippen LogP contribution in [0.15, 0.2) is 23.1 Å². The summed E-state index contributed by atoms with van der Waals surface area (Å²) in [6.45, 7) is 4.24. The number of rotatable bonds is 1. The van der Waals surface area contributed by atoms with Gasteiger partial charge in [-0.05, 0) is 30.5 Å². The first-order valence-electron chi connectivity index (χ1n) is 3.52. The molecule has 0 atom stereocenters. The second-order valence-electron chi connectivity index (χ2n) is 2.47. The van der Waals surface area contributed by atoms with Gasteiger partial charge < -0.3 is 0 Å². The van der Waals surface area contributed by atoms with Gasteiger partial charge in [0.15, 0.2) is 0 Å². The molecule has 0 nitrogen and oxygen atoms in total. The summed E-state index contributed by atoms with van der Waals surface area (Å²) in [5.74, 6) is 0. The van der Waals surface area contributed by atoms with Crippen molar-refractivity contribution in [2.75, 3.05) is 0 Å². The van der Waals surface area contributed by atoms with Crippen molar-refractivity contribution in [1.82, 2.24) is 0 Å². The van der Waals surface area contributed by atoms with Crippen molar-refractivity contribution in [2.45, 2.75) is 25.2 Å². The van der Waals surface area contributed by atoms with E-state index in [4.69, 9.17) is 0 Å². The number of hydrogen-bond donors (Lipinski definition) is 1. The summed E-state index contributed by atoms with van der Waals surface area (Å²) in [6, 6.07) is 6.36. The van der Waals surface area contributed by atoms with Crippen LogP contribution >= 0.6 is 12.6 Å². The second kappa shape index (κ2) is 3.11. The first-order valence-corrected chi connectivity index (χ1v) is 3.97. The van der Waals surface area contributed by atoms with Crippen LogP contribution in [0.4, 0.5) is 0 Å². The van der Waals surface area contributed by atoms with Gasteiger partial charge in [-0.3, -0.25) is 0 Å². The summed E-state index contributed by atoms with van der Waals surface area (Å²) in [5, 5.41) is 0. The van der Waals surface area contributed by atoms with E-state index in [0.29, 0.717) is 0 Å². The van der Waals surface area contributed by atoms with Crippen molar-refractivity contribution in [2.24, 2.45) is 0 Å². The van der Waals surface area contributed by atoms with E-state index < -0.39 is 0 Å². The molecule has 10 heavy (non-hydrogen) atoms. The maximum absolute atomic E-state index is 4.28. The van der Waals surface area contributed by atoms with Gasteiger partial charge in [0.2, 0.25) is 0 Å². The molecule has 0 saturated heterocycles. The SMILES string of the molecule is CCc1ccc(S)c(C)c1. The predicted octanol–water partition coefficient (Wildman–Crippen LogP) is 2.85. The third-order valence-electron chi connectivity index (χ3n) is 1.67. The molecule has 0 heterocycles. The minimum absolute atomic E-state index is 1.08. The van der Waals surface area contributed by atoms with Gasteiger partial charge in [-0.2, -0.15) is 0 Å². The van der Waals surface area contributed by atoms with Crippen LogP contribution < -0.4 is 0 Å². The van der Waals surface area contributed by atoms with Crippen molar-refractivity contribution in [3.63, 3.8) is 0 Å². The van der Waals surface area contributed by atoms with Gasteiger partial charge in [-0.25, -0.2) is 0 Å². The zero-order valence-electron chi connectivity index (χ0n) is 6.39. The van der Waals surface area contributed by atoms with Crippen LogP contribution in [-0.2, 0) is 6.42 Å². The van der Waals surface area contributed by atoms with Gasteiger partial charge in [0.25, 0.3) is 0 Å². The number of thiol groups is 1. The van der Waals surface area contributed by atoms with Crippen LogP contribution in [-0.4, -0.2) is 0 Å². The molecule has 1 aromatic carbocycles. The molecule has 54 valence electrons. The highest BCUT2D eigenvalue weighted by atomic mass is 32.1. The fourth-order valence-corrected chi connectivity index (χ4v) is 1.08. The zero-order chi connectivity index (χ0) is 7.56. The van der Waals surface area contributed by atoms with Gasteiger partial charge in [-0.1, -0.05) is 19.1 Å². The van der Waals surface area contributed by atoms with E-state index >= 15 is 0 Å². The summed E-state index contributed by atoms with van der Waals surface area (Å²) in [6.07, 6.45) is 1.11. The fraction of sp³-hybridized carbons (Fsp3) is 0.333. The predicted molar refractivity (Wildman–Crippen MR) is 47.8 cm³/mol. The molecule has 0 radical (unpaired) electrons.